The normalized spacial score (nSPS) is 11.3. The SMILES string of the molecule is c1ccc(-c2ccc(-c3cc(-c4cc(-c5ccccc5)c(-n5c6ccccc6c6cc(-c7ccccc7)ccc65)c(-c5ccccc5)c4)nc(-c4ccccc4)n3)cc2)cc1. The Balaban J connectivity index is 1.18. The molecular weight excluding hydrogens is 739 g/mol. The lowest BCUT2D eigenvalue weighted by Crippen LogP contribution is -2.02. The quantitative estimate of drug-likeness (QED) is 0.154. The molecule has 2 aromatic heterocycles. The maximum absolute atomic E-state index is 5.35. The highest BCUT2D eigenvalue weighted by Gasteiger charge is 2.23. The fourth-order valence-corrected chi connectivity index (χ4v) is 8.65. The van der Waals surface area contributed by atoms with E-state index in [1.165, 1.54) is 33.0 Å². The molecule has 0 saturated carbocycles. The second kappa shape index (κ2) is 15.6. The van der Waals surface area contributed by atoms with Gasteiger partial charge in [-0.25, -0.2) is 9.97 Å². The van der Waals surface area contributed by atoms with Gasteiger partial charge in [0.2, 0.25) is 0 Å². The van der Waals surface area contributed by atoms with Crippen LogP contribution >= 0.6 is 0 Å². The first-order valence-corrected chi connectivity index (χ1v) is 20.7. The highest BCUT2D eigenvalue weighted by molar-refractivity contribution is 6.12. The molecule has 11 aromatic rings. The van der Waals surface area contributed by atoms with Crippen LogP contribution in [0.5, 0.6) is 0 Å². The summed E-state index contributed by atoms with van der Waals surface area (Å²) in [5.74, 6) is 0.684. The van der Waals surface area contributed by atoms with Crippen molar-refractivity contribution in [2.24, 2.45) is 0 Å². The molecule has 0 radical (unpaired) electrons. The monoisotopic (exact) mass is 777 g/mol. The van der Waals surface area contributed by atoms with E-state index in [0.29, 0.717) is 5.82 Å². The number of hydrogen-bond donors (Lipinski definition) is 0. The molecule has 0 amide bonds. The van der Waals surface area contributed by atoms with Crippen LogP contribution in [0.1, 0.15) is 0 Å². The summed E-state index contributed by atoms with van der Waals surface area (Å²) in [6.07, 6.45) is 0. The number of nitrogens with zero attached hydrogens (tertiary/aromatic N) is 3. The highest BCUT2D eigenvalue weighted by Crippen LogP contribution is 2.44. The van der Waals surface area contributed by atoms with Gasteiger partial charge in [-0.15, -0.1) is 0 Å². The van der Waals surface area contributed by atoms with Crippen LogP contribution in [0.3, 0.4) is 0 Å². The van der Waals surface area contributed by atoms with Crippen molar-refractivity contribution in [2.45, 2.75) is 0 Å². The third-order valence-electron chi connectivity index (χ3n) is 11.6. The van der Waals surface area contributed by atoms with Gasteiger partial charge >= 0.3 is 0 Å². The van der Waals surface area contributed by atoms with E-state index in [1.807, 2.05) is 18.2 Å². The zero-order valence-electron chi connectivity index (χ0n) is 33.4. The Labute approximate surface area is 355 Å². The van der Waals surface area contributed by atoms with Crippen LogP contribution in [0.15, 0.2) is 237 Å². The van der Waals surface area contributed by atoms with Crippen LogP contribution < -0.4 is 0 Å². The summed E-state index contributed by atoms with van der Waals surface area (Å²) in [6, 6.07) is 84.2. The van der Waals surface area contributed by atoms with Crippen LogP contribution in [0.25, 0.3) is 106 Å². The van der Waals surface area contributed by atoms with Crippen molar-refractivity contribution in [1.29, 1.82) is 0 Å². The van der Waals surface area contributed by atoms with E-state index in [0.717, 1.165) is 67.1 Å². The van der Waals surface area contributed by atoms with Gasteiger partial charge in [0.25, 0.3) is 0 Å². The Morgan fingerprint density at radius 1 is 0.262 bits per heavy atom. The molecule has 0 bridgehead atoms. The van der Waals surface area contributed by atoms with E-state index < -0.39 is 0 Å². The van der Waals surface area contributed by atoms with Gasteiger partial charge in [-0.3, -0.25) is 0 Å². The molecule has 0 aliphatic carbocycles. The lowest BCUT2D eigenvalue weighted by Gasteiger charge is -2.21. The molecule has 0 aliphatic rings. The van der Waals surface area contributed by atoms with Gasteiger partial charge in [-0.05, 0) is 69.8 Å². The van der Waals surface area contributed by atoms with Gasteiger partial charge in [-0.1, -0.05) is 200 Å². The largest absolute Gasteiger partial charge is 0.308 e. The van der Waals surface area contributed by atoms with Crippen LogP contribution in [0.2, 0.25) is 0 Å². The fourth-order valence-electron chi connectivity index (χ4n) is 8.65. The predicted molar refractivity (Wildman–Crippen MR) is 254 cm³/mol. The predicted octanol–water partition coefficient (Wildman–Crippen LogP) is 15.2. The van der Waals surface area contributed by atoms with E-state index >= 15 is 0 Å². The summed E-state index contributed by atoms with van der Waals surface area (Å²) in [4.78, 5) is 10.6. The number of fused-ring (bicyclic) bond motifs is 3. The Hall–Kier alpha value is -8.14. The molecular formula is C58H39N3. The fraction of sp³-hybridized carbons (Fsp3) is 0. The van der Waals surface area contributed by atoms with E-state index in [-0.39, 0.29) is 0 Å². The third kappa shape index (κ3) is 6.78. The minimum atomic E-state index is 0.684. The van der Waals surface area contributed by atoms with Crippen LogP contribution in [-0.4, -0.2) is 14.5 Å². The summed E-state index contributed by atoms with van der Waals surface area (Å²) >= 11 is 0. The zero-order valence-corrected chi connectivity index (χ0v) is 33.4. The number of para-hydroxylation sites is 1. The average molecular weight is 778 g/mol. The Kier molecular flexibility index (Phi) is 9.18. The molecule has 11 rings (SSSR count). The third-order valence-corrected chi connectivity index (χ3v) is 11.6. The molecule has 3 nitrogen and oxygen atoms in total. The second-order valence-electron chi connectivity index (χ2n) is 15.4. The average Bonchev–Trinajstić information content (AvgIpc) is 3.68. The molecule has 2 heterocycles. The zero-order chi connectivity index (χ0) is 40.5. The van der Waals surface area contributed by atoms with E-state index in [1.54, 1.807) is 0 Å². The molecule has 61 heavy (non-hydrogen) atoms. The molecule has 0 aliphatic heterocycles. The van der Waals surface area contributed by atoms with E-state index in [4.69, 9.17) is 9.97 Å². The number of benzene rings is 9. The number of aromatic nitrogens is 3. The minimum Gasteiger partial charge on any atom is -0.308 e. The topological polar surface area (TPSA) is 30.7 Å². The molecule has 9 aromatic carbocycles. The summed E-state index contributed by atoms with van der Waals surface area (Å²) in [5, 5.41) is 2.42. The van der Waals surface area contributed by atoms with Gasteiger partial charge in [0, 0.05) is 38.6 Å². The summed E-state index contributed by atoms with van der Waals surface area (Å²) in [6.45, 7) is 0. The van der Waals surface area contributed by atoms with E-state index in [9.17, 15) is 0 Å². The van der Waals surface area contributed by atoms with E-state index in [2.05, 4.69) is 223 Å². The van der Waals surface area contributed by atoms with Gasteiger partial charge in [0.1, 0.15) is 0 Å². The molecule has 0 saturated heterocycles. The second-order valence-corrected chi connectivity index (χ2v) is 15.4. The van der Waals surface area contributed by atoms with Crippen molar-refractivity contribution in [1.82, 2.24) is 14.5 Å². The standard InChI is InChI=1S/C58H39N3/c1-6-18-40(19-7-1)42-30-32-45(33-31-42)53-39-54(60-58(59-53)46-26-14-5-15-27-46)48-37-50(43-22-10-3-11-23-43)57(51(38-48)44-24-12-4-13-25-44)61-55-29-17-16-28-49(55)52-36-47(34-35-56(52)61)41-20-8-2-9-21-41/h1-39H. The first kappa shape index (κ1) is 36.0. The van der Waals surface area contributed by atoms with Crippen molar-refractivity contribution in [3.8, 4) is 84.1 Å². The lowest BCUT2D eigenvalue weighted by atomic mass is 9.91. The maximum Gasteiger partial charge on any atom is 0.160 e. The molecule has 0 fully saturated rings. The summed E-state index contributed by atoms with van der Waals surface area (Å²) in [5.41, 5.74) is 17.4. The number of rotatable bonds is 8. The van der Waals surface area contributed by atoms with Crippen LogP contribution in [-0.2, 0) is 0 Å². The molecule has 286 valence electrons. The van der Waals surface area contributed by atoms with Crippen LogP contribution in [0, 0.1) is 0 Å². The maximum atomic E-state index is 5.35. The van der Waals surface area contributed by atoms with Crippen molar-refractivity contribution in [3.63, 3.8) is 0 Å². The van der Waals surface area contributed by atoms with Gasteiger partial charge in [0.05, 0.1) is 28.1 Å². The van der Waals surface area contributed by atoms with Gasteiger partial charge in [0.15, 0.2) is 5.82 Å². The molecule has 3 heteroatoms. The first-order valence-electron chi connectivity index (χ1n) is 20.7. The highest BCUT2D eigenvalue weighted by atomic mass is 15.0. The Morgan fingerprint density at radius 2 is 0.672 bits per heavy atom. The van der Waals surface area contributed by atoms with Crippen molar-refractivity contribution in [2.75, 3.05) is 0 Å². The van der Waals surface area contributed by atoms with Crippen molar-refractivity contribution < 1.29 is 0 Å². The van der Waals surface area contributed by atoms with Gasteiger partial charge < -0.3 is 4.57 Å². The molecule has 0 N–H and O–H groups in total. The smallest absolute Gasteiger partial charge is 0.160 e. The van der Waals surface area contributed by atoms with Crippen molar-refractivity contribution >= 4 is 21.8 Å². The molecule has 0 atom stereocenters. The van der Waals surface area contributed by atoms with Crippen LogP contribution in [0.4, 0.5) is 0 Å². The summed E-state index contributed by atoms with van der Waals surface area (Å²) < 4.78 is 2.48. The van der Waals surface area contributed by atoms with Gasteiger partial charge in [-0.2, -0.15) is 0 Å². The first-order chi connectivity index (χ1) is 30.2. The van der Waals surface area contributed by atoms with Crippen molar-refractivity contribution in [3.05, 3.63) is 237 Å². The molecule has 0 unspecified atom stereocenters. The molecule has 0 spiro atoms. The summed E-state index contributed by atoms with van der Waals surface area (Å²) in [7, 11) is 0. The Bertz CT molecular complexity index is 3240. The lowest BCUT2D eigenvalue weighted by molar-refractivity contribution is 1.17. The minimum absolute atomic E-state index is 0.684. The number of hydrogen-bond acceptors (Lipinski definition) is 2. The Morgan fingerprint density at radius 3 is 1.25 bits per heavy atom.